The maximum absolute atomic E-state index is 14.0. The molecule has 3 amide bonds. The van der Waals surface area contributed by atoms with Crippen molar-refractivity contribution in [2.75, 3.05) is 96.8 Å². The van der Waals surface area contributed by atoms with Crippen LogP contribution >= 0.6 is 0 Å². The highest BCUT2D eigenvalue weighted by Crippen LogP contribution is 2.43. The van der Waals surface area contributed by atoms with Crippen molar-refractivity contribution in [2.24, 2.45) is 0 Å². The third-order valence-electron chi connectivity index (χ3n) is 12.4. The van der Waals surface area contributed by atoms with E-state index < -0.39 is 11.6 Å². The number of aromatic nitrogens is 2. The fourth-order valence-corrected chi connectivity index (χ4v) is 9.18. The van der Waals surface area contributed by atoms with Gasteiger partial charge in [-0.1, -0.05) is 12.1 Å². The smallest absolute Gasteiger partial charge is 0.258 e. The molecule has 16 heteroatoms. The molecule has 1 atom stereocenters. The van der Waals surface area contributed by atoms with Crippen LogP contribution in [0.4, 0.5) is 43.0 Å². The van der Waals surface area contributed by atoms with Crippen molar-refractivity contribution in [2.45, 2.75) is 50.6 Å². The Bertz CT molecular complexity index is 2450. The first kappa shape index (κ1) is 41.1. The minimum atomic E-state index is -0.624. The maximum Gasteiger partial charge on any atom is 0.258 e. The predicted molar refractivity (Wildman–Crippen MR) is 237 cm³/mol. The van der Waals surface area contributed by atoms with Crippen molar-refractivity contribution in [1.29, 1.82) is 0 Å². The van der Waals surface area contributed by atoms with Gasteiger partial charge < -0.3 is 35.4 Å². The summed E-state index contributed by atoms with van der Waals surface area (Å²) in [5.41, 5.74) is 7.49. The third kappa shape index (κ3) is 9.02. The van der Waals surface area contributed by atoms with Crippen LogP contribution in [-0.2, 0) is 20.7 Å². The Morgan fingerprint density at radius 1 is 0.903 bits per heavy atom. The number of hydrogen-bond acceptors (Lipinski definition) is 11. The Morgan fingerprint density at radius 2 is 1.71 bits per heavy atom. The summed E-state index contributed by atoms with van der Waals surface area (Å²) in [4.78, 5) is 47.6. The number of H-pyrrole nitrogens is 1. The molecule has 14 nitrogen and oxygen atoms in total. The molecule has 62 heavy (non-hydrogen) atoms. The van der Waals surface area contributed by atoms with Gasteiger partial charge in [-0.3, -0.25) is 29.7 Å². The molecule has 5 N–H and O–H groups in total. The number of imide groups is 1. The fourth-order valence-electron chi connectivity index (χ4n) is 9.18. The molecular weight excluding hydrogens is 795 g/mol. The highest BCUT2D eigenvalue weighted by atomic mass is 19.1. The normalized spacial score (nSPS) is 18.6. The second kappa shape index (κ2) is 18.0. The summed E-state index contributed by atoms with van der Waals surface area (Å²) in [7, 11) is 2.03. The molecule has 324 valence electrons. The Morgan fingerprint density at radius 3 is 2.50 bits per heavy atom. The van der Waals surface area contributed by atoms with Gasteiger partial charge in [0.05, 0.1) is 34.8 Å². The van der Waals surface area contributed by atoms with Gasteiger partial charge in [0.1, 0.15) is 17.7 Å². The van der Waals surface area contributed by atoms with Gasteiger partial charge in [-0.05, 0) is 104 Å². The van der Waals surface area contributed by atoms with Crippen molar-refractivity contribution in [3.63, 3.8) is 0 Å². The van der Waals surface area contributed by atoms with Gasteiger partial charge in [-0.25, -0.2) is 8.78 Å². The van der Waals surface area contributed by atoms with E-state index in [0.717, 1.165) is 104 Å². The van der Waals surface area contributed by atoms with Gasteiger partial charge in [-0.2, -0.15) is 5.10 Å². The van der Waals surface area contributed by atoms with Crippen molar-refractivity contribution in [3.05, 3.63) is 101 Å². The number of rotatable bonds is 13. The first-order valence-corrected chi connectivity index (χ1v) is 21.5. The molecule has 0 spiro atoms. The van der Waals surface area contributed by atoms with Crippen LogP contribution in [0.15, 0.2) is 72.8 Å². The minimum Gasteiger partial charge on any atom is -0.383 e. The highest BCUT2D eigenvalue weighted by molar-refractivity contribution is 6.11. The number of ether oxygens (including phenoxy) is 1. The van der Waals surface area contributed by atoms with E-state index in [2.05, 4.69) is 63.2 Å². The molecule has 4 aliphatic rings. The number of nitrogens with zero attached hydrogens (tertiary/aromatic N) is 5. The number of fused-ring (bicyclic) bond motifs is 2. The second-order valence-corrected chi connectivity index (χ2v) is 16.7. The van der Waals surface area contributed by atoms with Crippen LogP contribution in [0.3, 0.4) is 0 Å². The molecule has 1 unspecified atom stereocenters. The van der Waals surface area contributed by atoms with Crippen LogP contribution in [0.2, 0.25) is 0 Å². The quantitative estimate of drug-likeness (QED) is 0.0711. The summed E-state index contributed by atoms with van der Waals surface area (Å²) >= 11 is 0. The molecule has 1 aromatic heterocycles. The lowest BCUT2D eigenvalue weighted by molar-refractivity contribution is -0.134. The summed E-state index contributed by atoms with van der Waals surface area (Å²) in [5.74, 6) is -1.61. The Balaban J connectivity index is 0.818. The lowest BCUT2D eigenvalue weighted by Gasteiger charge is -2.36. The van der Waals surface area contributed by atoms with E-state index in [9.17, 15) is 23.2 Å². The number of nitrogens with one attached hydrogen (secondary N) is 5. The van der Waals surface area contributed by atoms with Crippen molar-refractivity contribution in [1.82, 2.24) is 20.4 Å². The molecule has 4 aliphatic heterocycles. The average Bonchev–Trinajstić information content (AvgIpc) is 3.82. The Kier molecular flexibility index (Phi) is 11.9. The molecule has 3 fully saturated rings. The van der Waals surface area contributed by atoms with Gasteiger partial charge in [0, 0.05) is 88.3 Å². The van der Waals surface area contributed by atoms with Crippen LogP contribution in [-0.4, -0.2) is 111 Å². The minimum absolute atomic E-state index is 0.166. The van der Waals surface area contributed by atoms with Gasteiger partial charge >= 0.3 is 0 Å². The molecule has 4 aromatic carbocycles. The van der Waals surface area contributed by atoms with E-state index in [1.165, 1.54) is 12.1 Å². The third-order valence-corrected chi connectivity index (χ3v) is 12.4. The zero-order valence-corrected chi connectivity index (χ0v) is 34.8. The summed E-state index contributed by atoms with van der Waals surface area (Å²) in [6.45, 7) is 7.20. The van der Waals surface area contributed by atoms with Crippen LogP contribution < -0.4 is 36.0 Å². The number of anilines is 6. The zero-order valence-electron chi connectivity index (χ0n) is 34.8. The van der Waals surface area contributed by atoms with Gasteiger partial charge in [-0.15, -0.1) is 0 Å². The molecule has 0 aliphatic carbocycles. The summed E-state index contributed by atoms with van der Waals surface area (Å²) in [6, 6.07) is 21.0. The number of piperidine rings is 1. The largest absolute Gasteiger partial charge is 0.383 e. The van der Waals surface area contributed by atoms with E-state index in [-0.39, 0.29) is 29.8 Å². The number of amides is 3. The van der Waals surface area contributed by atoms with Crippen LogP contribution in [0.5, 0.6) is 0 Å². The molecule has 5 heterocycles. The second-order valence-electron chi connectivity index (χ2n) is 16.7. The molecule has 3 saturated heterocycles. The van der Waals surface area contributed by atoms with E-state index in [1.807, 2.05) is 49.5 Å². The standard InChI is InChI=1S/C46H52F2N10O4/c1-55-28-58(41-10-11-42(59)51-46(41)61)40-5-2-4-38(43(40)55)49-14-3-15-56-16-18-57(19-17-56)34-7-8-35(39(27-34)50-33-12-20-62-21-13-33)45(60)52-44-36-25-29(6-9-37(36)53-54-44)22-30-23-31(47)26-32(48)24-30/h2,4-9,23-27,33,41,49-50H,3,10-22,28H2,1H3,(H,51,59,61)(H2,52,53,54,60). The van der Waals surface area contributed by atoms with Crippen molar-refractivity contribution >= 4 is 62.9 Å². The molecule has 5 aromatic rings. The number of hydrogen-bond donors (Lipinski definition) is 5. The lowest BCUT2D eigenvalue weighted by atomic mass is 10.0. The summed E-state index contributed by atoms with van der Waals surface area (Å²) in [6.07, 6.45) is 3.82. The lowest BCUT2D eigenvalue weighted by Crippen LogP contribution is -2.53. The van der Waals surface area contributed by atoms with Crippen molar-refractivity contribution < 1.29 is 27.9 Å². The number of para-hydroxylation sites is 1. The number of carbonyl (C=O) groups excluding carboxylic acids is 3. The molecule has 0 bridgehead atoms. The topological polar surface area (TPSA) is 150 Å². The number of benzene rings is 4. The monoisotopic (exact) mass is 846 g/mol. The summed E-state index contributed by atoms with van der Waals surface area (Å²) < 4.78 is 33.4. The number of piperazine rings is 1. The predicted octanol–water partition coefficient (Wildman–Crippen LogP) is 5.92. The van der Waals surface area contributed by atoms with Gasteiger partial charge in [0.25, 0.3) is 5.91 Å². The van der Waals surface area contributed by atoms with Crippen LogP contribution in [0, 0.1) is 11.6 Å². The van der Waals surface area contributed by atoms with Crippen LogP contribution in [0.25, 0.3) is 10.9 Å². The number of halogens is 2. The zero-order chi connectivity index (χ0) is 42.7. The van der Waals surface area contributed by atoms with Gasteiger partial charge in [0.15, 0.2) is 5.82 Å². The first-order chi connectivity index (χ1) is 30.1. The fraction of sp³-hybridized carbons (Fsp3) is 0.391. The number of carbonyl (C=O) groups is 3. The number of aromatic amines is 1. The highest BCUT2D eigenvalue weighted by Gasteiger charge is 2.37. The Labute approximate surface area is 358 Å². The van der Waals surface area contributed by atoms with E-state index in [4.69, 9.17) is 4.74 Å². The SMILES string of the molecule is CN1CN(C2CCC(=O)NC2=O)c2cccc(NCCCN3CCN(c4ccc(C(=O)Nc5n[nH]c6ccc(Cc7cc(F)cc(F)c7)cc56)c(NC5CCOCC5)c4)CC3)c21. The van der Waals surface area contributed by atoms with Gasteiger partial charge in [0.2, 0.25) is 11.8 Å². The van der Waals surface area contributed by atoms with Crippen molar-refractivity contribution in [3.8, 4) is 0 Å². The first-order valence-electron chi connectivity index (χ1n) is 21.5. The maximum atomic E-state index is 14.0. The van der Waals surface area contributed by atoms with Crippen LogP contribution in [0.1, 0.15) is 53.6 Å². The van der Waals surface area contributed by atoms with E-state index in [0.29, 0.717) is 61.5 Å². The molecule has 0 saturated carbocycles. The molecule has 9 rings (SSSR count). The molecular formula is C46H52F2N10O4. The average molecular weight is 847 g/mol. The van der Waals surface area contributed by atoms with E-state index >= 15 is 0 Å². The summed E-state index contributed by atoms with van der Waals surface area (Å²) in [5, 5.41) is 20.9. The van der Waals surface area contributed by atoms with E-state index in [1.54, 1.807) is 0 Å². The Hall–Kier alpha value is -6.26. The molecule has 0 radical (unpaired) electrons.